The number of benzene rings is 2. The number of aliphatic hydroxyl groups is 1. The van der Waals surface area contributed by atoms with Crippen molar-refractivity contribution < 1.29 is 14.6 Å². The molecule has 2 aromatic heterocycles. The average molecular weight is 379 g/mol. The van der Waals surface area contributed by atoms with Crippen LogP contribution in [0.3, 0.4) is 0 Å². The van der Waals surface area contributed by atoms with Gasteiger partial charge in [0.2, 0.25) is 5.88 Å². The lowest BCUT2D eigenvalue weighted by molar-refractivity contribution is 0.134. The van der Waals surface area contributed by atoms with E-state index in [1.54, 1.807) is 24.6 Å². The molecule has 27 heavy (non-hydrogen) atoms. The molecule has 0 saturated heterocycles. The van der Waals surface area contributed by atoms with Gasteiger partial charge in [0.15, 0.2) is 0 Å². The van der Waals surface area contributed by atoms with Crippen molar-refractivity contribution in [2.45, 2.75) is 19.4 Å². The van der Waals surface area contributed by atoms with Crippen LogP contribution in [0.1, 0.15) is 11.1 Å². The first-order valence-electron chi connectivity index (χ1n) is 8.68. The molecule has 1 atom stereocenters. The molecule has 6 nitrogen and oxygen atoms in total. The maximum absolute atomic E-state index is 9.42. The molecule has 1 aliphatic rings. The number of aromatic nitrogens is 3. The molecule has 0 aliphatic carbocycles. The Hall–Kier alpha value is -2.77. The topological polar surface area (TPSA) is 77.4 Å². The maximum Gasteiger partial charge on any atom is 0.232 e. The average Bonchev–Trinajstić information content (AvgIpc) is 3.29. The summed E-state index contributed by atoms with van der Waals surface area (Å²) >= 11 is 1.63. The molecule has 0 bridgehead atoms. The number of rotatable bonds is 3. The summed E-state index contributed by atoms with van der Waals surface area (Å²) in [6.07, 6.45) is 2.16. The Labute approximate surface area is 159 Å². The van der Waals surface area contributed by atoms with Gasteiger partial charge in [0.1, 0.15) is 16.9 Å². The van der Waals surface area contributed by atoms with E-state index in [4.69, 9.17) is 14.5 Å². The third-order valence-electron chi connectivity index (χ3n) is 4.75. The fourth-order valence-corrected chi connectivity index (χ4v) is 4.64. The fraction of sp³-hybridized carbons (Fsp3) is 0.250. The van der Waals surface area contributed by atoms with Crippen molar-refractivity contribution >= 4 is 32.6 Å². The highest BCUT2D eigenvalue weighted by Gasteiger charge is 2.26. The fourth-order valence-electron chi connectivity index (χ4n) is 3.51. The van der Waals surface area contributed by atoms with Crippen LogP contribution in [-0.4, -0.2) is 39.9 Å². The lowest BCUT2D eigenvalue weighted by atomic mass is 10.1. The van der Waals surface area contributed by atoms with Gasteiger partial charge in [-0.3, -0.25) is 0 Å². The number of aliphatic hydroxyl groups excluding tert-OH is 1. The van der Waals surface area contributed by atoms with Gasteiger partial charge in [-0.1, -0.05) is 0 Å². The molecule has 0 saturated carbocycles. The van der Waals surface area contributed by atoms with Crippen molar-refractivity contribution in [2.24, 2.45) is 0 Å². The van der Waals surface area contributed by atoms with Crippen molar-refractivity contribution in [3.8, 4) is 22.2 Å². The maximum atomic E-state index is 9.42. The second-order valence-electron chi connectivity index (χ2n) is 6.63. The van der Waals surface area contributed by atoms with Crippen LogP contribution < -0.4 is 9.47 Å². The van der Waals surface area contributed by atoms with E-state index in [9.17, 15) is 5.11 Å². The van der Waals surface area contributed by atoms with E-state index in [1.807, 2.05) is 25.1 Å². The molecule has 5 rings (SSSR count). The van der Waals surface area contributed by atoms with Gasteiger partial charge in [-0.25, -0.2) is 15.0 Å². The van der Waals surface area contributed by atoms with Gasteiger partial charge < -0.3 is 14.6 Å². The van der Waals surface area contributed by atoms with Gasteiger partial charge in [0.25, 0.3) is 0 Å². The van der Waals surface area contributed by atoms with Crippen molar-refractivity contribution in [3.05, 3.63) is 41.6 Å². The Morgan fingerprint density at radius 2 is 2.15 bits per heavy atom. The Kier molecular flexibility index (Phi) is 3.73. The van der Waals surface area contributed by atoms with Crippen LogP contribution in [0.4, 0.5) is 0 Å². The van der Waals surface area contributed by atoms with Crippen molar-refractivity contribution in [1.82, 2.24) is 15.0 Å². The molecule has 1 aliphatic heterocycles. The van der Waals surface area contributed by atoms with Gasteiger partial charge in [-0.15, -0.1) is 11.3 Å². The van der Waals surface area contributed by atoms with Gasteiger partial charge in [0, 0.05) is 17.5 Å². The summed E-state index contributed by atoms with van der Waals surface area (Å²) in [7, 11) is 1.59. The standard InChI is InChI=1S/C20H17N3O3S/c1-10-5-13(18-15(6-10)22-17(25-2)8-21-18)20-23-14-3-4-16-12(19(14)27-20)7-11(9-24)26-16/h3-6,8,11,24H,7,9H2,1-2H3/t11-/m1/s1. The van der Waals surface area contributed by atoms with Crippen LogP contribution >= 0.6 is 11.3 Å². The number of methoxy groups -OCH3 is 1. The molecule has 7 heteroatoms. The van der Waals surface area contributed by atoms with Crippen molar-refractivity contribution in [1.29, 1.82) is 0 Å². The van der Waals surface area contributed by atoms with Gasteiger partial charge in [-0.2, -0.15) is 0 Å². The summed E-state index contributed by atoms with van der Waals surface area (Å²) in [6, 6.07) is 8.00. The Balaban J connectivity index is 1.70. The van der Waals surface area contributed by atoms with E-state index in [2.05, 4.69) is 16.0 Å². The van der Waals surface area contributed by atoms with Crippen LogP contribution in [0.2, 0.25) is 0 Å². The number of ether oxygens (including phenoxy) is 2. The third-order valence-corrected chi connectivity index (χ3v) is 5.92. The summed E-state index contributed by atoms with van der Waals surface area (Å²) in [5, 5.41) is 10.3. The van der Waals surface area contributed by atoms with E-state index in [0.29, 0.717) is 12.3 Å². The minimum Gasteiger partial charge on any atom is -0.487 e. The molecule has 2 aromatic carbocycles. The summed E-state index contributed by atoms with van der Waals surface area (Å²) < 4.78 is 12.1. The molecule has 0 unspecified atom stereocenters. The first kappa shape index (κ1) is 16.4. The zero-order chi connectivity index (χ0) is 18.5. The molecule has 0 spiro atoms. The first-order valence-corrected chi connectivity index (χ1v) is 9.49. The highest BCUT2D eigenvalue weighted by Crippen LogP contribution is 2.41. The zero-order valence-electron chi connectivity index (χ0n) is 14.9. The predicted molar refractivity (Wildman–Crippen MR) is 105 cm³/mol. The van der Waals surface area contributed by atoms with Gasteiger partial charge in [0.05, 0.1) is 41.2 Å². The number of aryl methyl sites for hydroxylation is 1. The lowest BCUT2D eigenvalue weighted by Gasteiger charge is -2.06. The number of fused-ring (bicyclic) bond motifs is 4. The molecule has 3 heterocycles. The van der Waals surface area contributed by atoms with E-state index in [1.165, 1.54) is 0 Å². The molecular formula is C20H17N3O3S. The number of thiazole rings is 1. The second kappa shape index (κ2) is 6.14. The number of hydrogen-bond acceptors (Lipinski definition) is 7. The SMILES string of the molecule is COc1cnc2c(-c3nc4ccc5c(c4s3)C[C@H](CO)O5)cc(C)cc2n1. The van der Waals surface area contributed by atoms with Crippen molar-refractivity contribution in [3.63, 3.8) is 0 Å². The molecule has 0 fully saturated rings. The Morgan fingerprint density at radius 3 is 2.96 bits per heavy atom. The van der Waals surface area contributed by atoms with Gasteiger partial charge >= 0.3 is 0 Å². The largest absolute Gasteiger partial charge is 0.487 e. The van der Waals surface area contributed by atoms with Crippen LogP contribution in [0.5, 0.6) is 11.6 Å². The van der Waals surface area contributed by atoms with Crippen LogP contribution in [0, 0.1) is 6.92 Å². The Morgan fingerprint density at radius 1 is 1.26 bits per heavy atom. The third kappa shape index (κ3) is 2.62. The van der Waals surface area contributed by atoms with Crippen LogP contribution in [0.25, 0.3) is 31.8 Å². The summed E-state index contributed by atoms with van der Waals surface area (Å²) in [4.78, 5) is 13.9. The van der Waals surface area contributed by atoms with Crippen LogP contribution in [-0.2, 0) is 6.42 Å². The summed E-state index contributed by atoms with van der Waals surface area (Å²) in [5.41, 5.74) is 5.71. The van der Waals surface area contributed by atoms with Gasteiger partial charge in [-0.05, 0) is 36.8 Å². The number of nitrogens with zero attached hydrogens (tertiary/aromatic N) is 3. The van der Waals surface area contributed by atoms with Crippen LogP contribution in [0.15, 0.2) is 30.5 Å². The molecule has 0 amide bonds. The predicted octanol–water partition coefficient (Wildman–Crippen LogP) is 3.52. The summed E-state index contributed by atoms with van der Waals surface area (Å²) in [6.45, 7) is 2.05. The molecule has 1 N–H and O–H groups in total. The van der Waals surface area contributed by atoms with E-state index in [-0.39, 0.29) is 12.7 Å². The second-order valence-corrected chi connectivity index (χ2v) is 7.63. The normalized spacial score (nSPS) is 15.9. The monoisotopic (exact) mass is 379 g/mol. The molecule has 136 valence electrons. The minimum absolute atomic E-state index is 0.0156. The lowest BCUT2D eigenvalue weighted by Crippen LogP contribution is -2.17. The zero-order valence-corrected chi connectivity index (χ0v) is 15.7. The minimum atomic E-state index is -0.172. The molecule has 0 radical (unpaired) electrons. The van der Waals surface area contributed by atoms with E-state index < -0.39 is 0 Å². The molecule has 4 aromatic rings. The van der Waals surface area contributed by atoms with E-state index in [0.717, 1.165) is 48.7 Å². The molecular weight excluding hydrogens is 362 g/mol. The van der Waals surface area contributed by atoms with Crippen molar-refractivity contribution in [2.75, 3.05) is 13.7 Å². The highest BCUT2D eigenvalue weighted by molar-refractivity contribution is 7.22. The Bertz CT molecular complexity index is 1190. The quantitative estimate of drug-likeness (QED) is 0.587. The number of hydrogen-bond donors (Lipinski definition) is 1. The van der Waals surface area contributed by atoms with E-state index >= 15 is 0 Å². The smallest absolute Gasteiger partial charge is 0.232 e. The first-order chi connectivity index (χ1) is 13.2. The summed E-state index contributed by atoms with van der Waals surface area (Å²) in [5.74, 6) is 1.34. The highest BCUT2D eigenvalue weighted by atomic mass is 32.1.